The Balaban J connectivity index is 2.49. The van der Waals surface area contributed by atoms with Crippen molar-refractivity contribution in [2.75, 3.05) is 18.1 Å². The Kier molecular flexibility index (Phi) is 3.96. The molecule has 0 unspecified atom stereocenters. The molecule has 0 aliphatic carbocycles. The molecule has 0 spiro atoms. The van der Waals surface area contributed by atoms with Gasteiger partial charge in [-0.2, -0.15) is 0 Å². The fourth-order valence-electron chi connectivity index (χ4n) is 1.00. The molecule has 0 aromatic heterocycles. The molecular formula is C10H14O4S. The first-order chi connectivity index (χ1) is 7.05. The normalized spacial score (nSPS) is 11.3. The molecule has 0 aliphatic rings. The molecule has 5 heteroatoms. The lowest BCUT2D eigenvalue weighted by atomic mass is 10.3. The van der Waals surface area contributed by atoms with Crippen LogP contribution >= 0.6 is 0 Å². The number of benzene rings is 1. The third-order valence-electron chi connectivity index (χ3n) is 1.96. The Hall–Kier alpha value is -1.23. The molecule has 0 aliphatic heterocycles. The van der Waals surface area contributed by atoms with Gasteiger partial charge in [-0.1, -0.05) is 19.1 Å². The highest BCUT2D eigenvalue weighted by molar-refractivity contribution is 7.91. The molecule has 0 saturated carbocycles. The number of para-hydroxylation sites is 2. The van der Waals surface area contributed by atoms with Crippen molar-refractivity contribution < 1.29 is 18.3 Å². The smallest absolute Gasteiger partial charge is 0.160 e. The lowest BCUT2D eigenvalue weighted by Crippen LogP contribution is -2.15. The van der Waals surface area contributed by atoms with E-state index in [2.05, 4.69) is 0 Å². The van der Waals surface area contributed by atoms with E-state index in [1.54, 1.807) is 25.1 Å². The van der Waals surface area contributed by atoms with Gasteiger partial charge in [0.05, 0.1) is 5.75 Å². The summed E-state index contributed by atoms with van der Waals surface area (Å²) in [5.41, 5.74) is 0. The molecule has 1 aromatic rings. The van der Waals surface area contributed by atoms with Crippen LogP contribution in [0.2, 0.25) is 0 Å². The SMILES string of the molecule is CCS(=O)(=O)CCOc1ccccc1O. The van der Waals surface area contributed by atoms with Crippen molar-refractivity contribution in [3.05, 3.63) is 24.3 Å². The molecule has 1 N–H and O–H groups in total. The summed E-state index contributed by atoms with van der Waals surface area (Å²) in [7, 11) is -3.01. The molecule has 0 atom stereocenters. The lowest BCUT2D eigenvalue weighted by Gasteiger charge is -2.07. The molecule has 1 aromatic carbocycles. The maximum absolute atomic E-state index is 11.1. The largest absolute Gasteiger partial charge is 0.504 e. The first-order valence-electron chi connectivity index (χ1n) is 4.66. The number of aromatic hydroxyl groups is 1. The second kappa shape index (κ2) is 5.02. The van der Waals surface area contributed by atoms with E-state index in [-0.39, 0.29) is 23.9 Å². The van der Waals surface area contributed by atoms with Crippen molar-refractivity contribution in [3.8, 4) is 11.5 Å². The molecule has 0 radical (unpaired) electrons. The summed E-state index contributed by atoms with van der Waals surface area (Å²) in [6.07, 6.45) is 0. The van der Waals surface area contributed by atoms with Crippen molar-refractivity contribution in [2.24, 2.45) is 0 Å². The van der Waals surface area contributed by atoms with E-state index in [0.29, 0.717) is 5.75 Å². The maximum atomic E-state index is 11.1. The van der Waals surface area contributed by atoms with Gasteiger partial charge in [-0.3, -0.25) is 0 Å². The summed E-state index contributed by atoms with van der Waals surface area (Å²) in [6, 6.07) is 6.46. The predicted molar refractivity (Wildman–Crippen MR) is 57.9 cm³/mol. The van der Waals surface area contributed by atoms with Crippen LogP contribution in [0.25, 0.3) is 0 Å². The van der Waals surface area contributed by atoms with Crippen molar-refractivity contribution in [1.82, 2.24) is 0 Å². The molecule has 0 saturated heterocycles. The van der Waals surface area contributed by atoms with E-state index < -0.39 is 9.84 Å². The van der Waals surface area contributed by atoms with Crippen molar-refractivity contribution in [1.29, 1.82) is 0 Å². The first kappa shape index (κ1) is 11.8. The van der Waals surface area contributed by atoms with Crippen molar-refractivity contribution in [3.63, 3.8) is 0 Å². The van der Waals surface area contributed by atoms with E-state index in [1.807, 2.05) is 0 Å². The Morgan fingerprint density at radius 3 is 2.60 bits per heavy atom. The molecule has 4 nitrogen and oxygen atoms in total. The van der Waals surface area contributed by atoms with E-state index in [4.69, 9.17) is 4.74 Å². The summed E-state index contributed by atoms with van der Waals surface area (Å²) in [5, 5.41) is 9.32. The Labute approximate surface area is 89.4 Å². The van der Waals surface area contributed by atoms with Gasteiger partial charge in [-0.25, -0.2) is 8.42 Å². The highest BCUT2D eigenvalue weighted by Gasteiger charge is 2.08. The molecule has 15 heavy (non-hydrogen) atoms. The van der Waals surface area contributed by atoms with Gasteiger partial charge in [0.2, 0.25) is 0 Å². The number of ether oxygens (including phenoxy) is 1. The van der Waals surface area contributed by atoms with E-state index >= 15 is 0 Å². The van der Waals surface area contributed by atoms with Crippen LogP contribution in [0.1, 0.15) is 6.92 Å². The van der Waals surface area contributed by atoms with E-state index in [1.165, 1.54) is 6.07 Å². The van der Waals surface area contributed by atoms with E-state index in [9.17, 15) is 13.5 Å². The number of rotatable bonds is 5. The fourth-order valence-corrected chi connectivity index (χ4v) is 1.63. The number of hydrogen-bond donors (Lipinski definition) is 1. The van der Waals surface area contributed by atoms with Gasteiger partial charge in [-0.15, -0.1) is 0 Å². The lowest BCUT2D eigenvalue weighted by molar-refractivity contribution is 0.319. The highest BCUT2D eigenvalue weighted by atomic mass is 32.2. The zero-order valence-corrected chi connectivity index (χ0v) is 9.33. The van der Waals surface area contributed by atoms with Gasteiger partial charge in [0, 0.05) is 5.75 Å². The Morgan fingerprint density at radius 1 is 1.33 bits per heavy atom. The minimum atomic E-state index is -3.01. The number of phenolic OH excluding ortho intramolecular Hbond substituents is 1. The monoisotopic (exact) mass is 230 g/mol. The predicted octanol–water partition coefficient (Wildman–Crippen LogP) is 1.21. The van der Waals surface area contributed by atoms with Crippen LogP contribution in [0.5, 0.6) is 11.5 Å². The number of sulfone groups is 1. The second-order valence-electron chi connectivity index (χ2n) is 3.05. The molecule has 0 fully saturated rings. The summed E-state index contributed by atoms with van der Waals surface area (Å²) in [6.45, 7) is 1.66. The minimum absolute atomic E-state index is 0.0198. The van der Waals surface area contributed by atoms with Crippen LogP contribution in [0.3, 0.4) is 0 Å². The molecule has 0 bridgehead atoms. The van der Waals surface area contributed by atoms with Gasteiger partial charge in [0.15, 0.2) is 21.3 Å². The minimum Gasteiger partial charge on any atom is -0.504 e. The van der Waals surface area contributed by atoms with Gasteiger partial charge in [0.1, 0.15) is 6.61 Å². The summed E-state index contributed by atoms with van der Waals surface area (Å²) in [4.78, 5) is 0. The quantitative estimate of drug-likeness (QED) is 0.825. The zero-order valence-electron chi connectivity index (χ0n) is 8.51. The molecule has 84 valence electrons. The standard InChI is InChI=1S/C10H14O4S/c1-2-15(12,13)8-7-14-10-6-4-3-5-9(10)11/h3-6,11H,2,7-8H2,1H3. The van der Waals surface area contributed by atoms with Gasteiger partial charge in [0.25, 0.3) is 0 Å². The van der Waals surface area contributed by atoms with Crippen LogP contribution in [0, 0.1) is 0 Å². The molecular weight excluding hydrogens is 216 g/mol. The van der Waals surface area contributed by atoms with Crippen LogP contribution in [-0.2, 0) is 9.84 Å². The summed E-state index contributed by atoms with van der Waals surface area (Å²) >= 11 is 0. The summed E-state index contributed by atoms with van der Waals surface area (Å²) in [5.74, 6) is 0.407. The first-order valence-corrected chi connectivity index (χ1v) is 6.48. The van der Waals surface area contributed by atoms with Gasteiger partial charge >= 0.3 is 0 Å². The van der Waals surface area contributed by atoms with Crippen LogP contribution in [0.4, 0.5) is 0 Å². The van der Waals surface area contributed by atoms with Crippen LogP contribution < -0.4 is 4.74 Å². The number of phenols is 1. The fraction of sp³-hybridized carbons (Fsp3) is 0.400. The Bertz CT molecular complexity index is 411. The average molecular weight is 230 g/mol. The van der Waals surface area contributed by atoms with Crippen molar-refractivity contribution >= 4 is 9.84 Å². The second-order valence-corrected chi connectivity index (χ2v) is 5.53. The molecule has 1 rings (SSSR count). The van der Waals surface area contributed by atoms with Gasteiger partial charge < -0.3 is 9.84 Å². The third kappa shape index (κ3) is 3.79. The molecule has 0 amide bonds. The number of hydrogen-bond acceptors (Lipinski definition) is 4. The van der Waals surface area contributed by atoms with Crippen molar-refractivity contribution in [2.45, 2.75) is 6.92 Å². The molecule has 0 heterocycles. The van der Waals surface area contributed by atoms with Crippen LogP contribution in [-0.4, -0.2) is 31.6 Å². The van der Waals surface area contributed by atoms with E-state index in [0.717, 1.165) is 0 Å². The summed E-state index contributed by atoms with van der Waals surface area (Å²) < 4.78 is 27.4. The Morgan fingerprint density at radius 2 is 2.00 bits per heavy atom. The highest BCUT2D eigenvalue weighted by Crippen LogP contribution is 2.24. The maximum Gasteiger partial charge on any atom is 0.160 e. The topological polar surface area (TPSA) is 63.6 Å². The van der Waals surface area contributed by atoms with Gasteiger partial charge in [-0.05, 0) is 12.1 Å². The average Bonchev–Trinajstić information content (AvgIpc) is 2.21. The zero-order chi connectivity index (χ0) is 11.3. The third-order valence-corrected chi connectivity index (χ3v) is 3.63. The van der Waals surface area contributed by atoms with Crippen LogP contribution in [0.15, 0.2) is 24.3 Å².